The number of nitrogens with one attached hydrogen (secondary N) is 1. The Labute approximate surface area is 152 Å². The lowest BCUT2D eigenvalue weighted by atomic mass is 10.2. The first-order chi connectivity index (χ1) is 12.6. The van der Waals surface area contributed by atoms with E-state index >= 15 is 0 Å². The summed E-state index contributed by atoms with van der Waals surface area (Å²) < 4.78 is 5.81. The van der Waals surface area contributed by atoms with Gasteiger partial charge < -0.3 is 19.5 Å². The molecule has 0 radical (unpaired) electrons. The highest BCUT2D eigenvalue weighted by Crippen LogP contribution is 2.26. The van der Waals surface area contributed by atoms with Crippen molar-refractivity contribution in [2.75, 3.05) is 32.5 Å². The van der Waals surface area contributed by atoms with Gasteiger partial charge in [0.25, 0.3) is 0 Å². The second-order valence-electron chi connectivity index (χ2n) is 6.81. The number of oxazole rings is 1. The minimum Gasteiger partial charge on any atom is -0.436 e. The Hall–Kier alpha value is -2.86. The molecule has 1 N–H and O–H groups in total. The number of rotatable bonds is 3. The van der Waals surface area contributed by atoms with Crippen LogP contribution < -0.4 is 5.32 Å². The minimum absolute atomic E-state index is 0.101. The maximum atomic E-state index is 12.5. The molecular formula is C20H22N4O2. The van der Waals surface area contributed by atoms with Crippen LogP contribution in [-0.2, 0) is 0 Å². The Morgan fingerprint density at radius 1 is 1.27 bits per heavy atom. The number of urea groups is 1. The van der Waals surface area contributed by atoms with Crippen LogP contribution in [0.5, 0.6) is 0 Å². The zero-order valence-corrected chi connectivity index (χ0v) is 15.0. The van der Waals surface area contributed by atoms with E-state index in [9.17, 15) is 4.79 Å². The average Bonchev–Trinajstić information content (AvgIpc) is 3.27. The lowest BCUT2D eigenvalue weighted by Gasteiger charge is -2.24. The second-order valence-corrected chi connectivity index (χ2v) is 6.81. The Morgan fingerprint density at radius 2 is 2.08 bits per heavy atom. The number of amides is 2. The lowest BCUT2D eigenvalue weighted by Crippen LogP contribution is -2.41. The third-order valence-corrected chi connectivity index (χ3v) is 4.89. The molecule has 134 valence electrons. The normalized spacial score (nSPS) is 17.5. The summed E-state index contributed by atoms with van der Waals surface area (Å²) >= 11 is 0. The molecule has 2 aromatic carbocycles. The molecule has 1 saturated heterocycles. The van der Waals surface area contributed by atoms with Crippen LogP contribution in [0.25, 0.3) is 22.6 Å². The van der Waals surface area contributed by atoms with Gasteiger partial charge in [-0.05, 0) is 50.3 Å². The van der Waals surface area contributed by atoms with Crippen molar-refractivity contribution in [1.29, 1.82) is 0 Å². The molecule has 1 fully saturated rings. The Balaban J connectivity index is 1.51. The molecule has 26 heavy (non-hydrogen) atoms. The molecule has 1 atom stereocenters. The van der Waals surface area contributed by atoms with E-state index in [0.29, 0.717) is 17.2 Å². The van der Waals surface area contributed by atoms with Crippen molar-refractivity contribution < 1.29 is 9.21 Å². The van der Waals surface area contributed by atoms with E-state index in [1.165, 1.54) is 0 Å². The van der Waals surface area contributed by atoms with Crippen LogP contribution >= 0.6 is 0 Å². The number of likely N-dealkylation sites (N-methyl/N-ethyl adjacent to an activating group) is 2. The van der Waals surface area contributed by atoms with Gasteiger partial charge in [-0.15, -0.1) is 0 Å². The quantitative estimate of drug-likeness (QED) is 0.783. The number of anilines is 1. The number of carbonyl (C=O) groups excluding carboxylic acids is 1. The molecule has 1 aliphatic rings. The van der Waals surface area contributed by atoms with Crippen molar-refractivity contribution in [2.24, 2.45) is 0 Å². The first kappa shape index (κ1) is 16.6. The Morgan fingerprint density at radius 3 is 2.81 bits per heavy atom. The number of hydrogen-bond donors (Lipinski definition) is 1. The van der Waals surface area contributed by atoms with Crippen LogP contribution in [0.1, 0.15) is 6.42 Å². The largest absolute Gasteiger partial charge is 0.436 e. The predicted molar refractivity (Wildman–Crippen MR) is 102 cm³/mol. The highest BCUT2D eigenvalue weighted by atomic mass is 16.3. The summed E-state index contributed by atoms with van der Waals surface area (Å²) in [7, 11) is 3.93. The topological polar surface area (TPSA) is 61.6 Å². The van der Waals surface area contributed by atoms with Crippen LogP contribution in [0.2, 0.25) is 0 Å². The van der Waals surface area contributed by atoms with Crippen molar-refractivity contribution in [3.8, 4) is 11.5 Å². The van der Waals surface area contributed by atoms with E-state index in [2.05, 4.69) is 22.2 Å². The maximum absolute atomic E-state index is 12.5. The zero-order chi connectivity index (χ0) is 18.1. The van der Waals surface area contributed by atoms with Gasteiger partial charge in [0.15, 0.2) is 5.58 Å². The minimum atomic E-state index is -0.101. The SMILES string of the molecule is CN1CCC(N(C)C(=O)Nc2ccc3oc(-c4ccccc4)nc3c2)C1. The molecular weight excluding hydrogens is 328 g/mol. The van der Waals surface area contributed by atoms with Gasteiger partial charge in [0.1, 0.15) is 5.52 Å². The van der Waals surface area contributed by atoms with Crippen LogP contribution in [0.3, 0.4) is 0 Å². The van der Waals surface area contributed by atoms with E-state index in [0.717, 1.165) is 30.6 Å². The monoisotopic (exact) mass is 350 g/mol. The van der Waals surface area contributed by atoms with E-state index in [1.54, 1.807) is 4.90 Å². The standard InChI is InChI=1S/C20H22N4O2/c1-23-11-10-16(13-23)24(2)20(25)21-15-8-9-18-17(12-15)22-19(26-18)14-6-4-3-5-7-14/h3-9,12,16H,10-11,13H2,1-2H3,(H,21,25). The molecule has 0 spiro atoms. The van der Waals surface area contributed by atoms with Crippen LogP contribution in [0, 0.1) is 0 Å². The molecule has 1 aliphatic heterocycles. The summed E-state index contributed by atoms with van der Waals surface area (Å²) in [6, 6.07) is 15.5. The van der Waals surface area contributed by atoms with E-state index in [1.807, 2.05) is 55.6 Å². The first-order valence-corrected chi connectivity index (χ1v) is 8.78. The number of hydrogen-bond acceptors (Lipinski definition) is 4. The van der Waals surface area contributed by atoms with Crippen molar-refractivity contribution in [2.45, 2.75) is 12.5 Å². The van der Waals surface area contributed by atoms with Gasteiger partial charge in [-0.1, -0.05) is 18.2 Å². The van der Waals surface area contributed by atoms with Gasteiger partial charge in [-0.25, -0.2) is 9.78 Å². The van der Waals surface area contributed by atoms with E-state index in [4.69, 9.17) is 4.42 Å². The molecule has 1 unspecified atom stereocenters. The molecule has 0 saturated carbocycles. The van der Waals surface area contributed by atoms with Gasteiger partial charge >= 0.3 is 6.03 Å². The highest BCUT2D eigenvalue weighted by molar-refractivity contribution is 5.92. The molecule has 3 aromatic rings. The molecule has 0 bridgehead atoms. The molecule has 4 rings (SSSR count). The summed E-state index contributed by atoms with van der Waals surface area (Å²) in [6.45, 7) is 1.93. The van der Waals surface area contributed by atoms with Crippen LogP contribution in [0.4, 0.5) is 10.5 Å². The smallest absolute Gasteiger partial charge is 0.321 e. The van der Waals surface area contributed by atoms with Crippen molar-refractivity contribution >= 4 is 22.8 Å². The van der Waals surface area contributed by atoms with Crippen molar-refractivity contribution in [1.82, 2.24) is 14.8 Å². The summed E-state index contributed by atoms with van der Waals surface area (Å²) in [5, 5.41) is 2.96. The number of nitrogens with zero attached hydrogens (tertiary/aromatic N) is 3. The van der Waals surface area contributed by atoms with Gasteiger partial charge in [0, 0.05) is 30.9 Å². The van der Waals surface area contributed by atoms with E-state index < -0.39 is 0 Å². The van der Waals surface area contributed by atoms with Gasteiger partial charge in [0.2, 0.25) is 5.89 Å². The van der Waals surface area contributed by atoms with Gasteiger partial charge in [-0.2, -0.15) is 0 Å². The summed E-state index contributed by atoms with van der Waals surface area (Å²) in [4.78, 5) is 21.1. The number of benzene rings is 2. The molecule has 2 heterocycles. The molecule has 1 aromatic heterocycles. The molecule has 0 aliphatic carbocycles. The fourth-order valence-corrected chi connectivity index (χ4v) is 3.31. The lowest BCUT2D eigenvalue weighted by molar-refractivity contribution is 0.204. The van der Waals surface area contributed by atoms with Crippen molar-refractivity contribution in [3.05, 3.63) is 48.5 Å². The predicted octanol–water partition coefficient (Wildman–Crippen LogP) is 3.66. The number of likely N-dealkylation sites (tertiary alicyclic amines) is 1. The fourth-order valence-electron chi connectivity index (χ4n) is 3.31. The fraction of sp³-hybridized carbons (Fsp3) is 0.300. The highest BCUT2D eigenvalue weighted by Gasteiger charge is 2.26. The average molecular weight is 350 g/mol. The van der Waals surface area contributed by atoms with Gasteiger partial charge in [-0.3, -0.25) is 0 Å². The summed E-state index contributed by atoms with van der Waals surface area (Å²) in [5.41, 5.74) is 3.07. The second kappa shape index (κ2) is 6.80. The summed E-state index contributed by atoms with van der Waals surface area (Å²) in [5.74, 6) is 0.579. The first-order valence-electron chi connectivity index (χ1n) is 8.78. The van der Waals surface area contributed by atoms with Gasteiger partial charge in [0.05, 0.1) is 0 Å². The zero-order valence-electron chi connectivity index (χ0n) is 15.0. The third-order valence-electron chi connectivity index (χ3n) is 4.89. The maximum Gasteiger partial charge on any atom is 0.321 e. The number of carbonyl (C=O) groups is 1. The third kappa shape index (κ3) is 3.28. The molecule has 6 heteroatoms. The molecule has 6 nitrogen and oxygen atoms in total. The Bertz CT molecular complexity index is 922. The Kier molecular flexibility index (Phi) is 4.34. The van der Waals surface area contributed by atoms with Crippen LogP contribution in [-0.4, -0.2) is 54.0 Å². The van der Waals surface area contributed by atoms with Crippen LogP contribution in [0.15, 0.2) is 52.9 Å². The van der Waals surface area contributed by atoms with Crippen molar-refractivity contribution in [3.63, 3.8) is 0 Å². The van der Waals surface area contributed by atoms with E-state index in [-0.39, 0.29) is 12.1 Å². The number of fused-ring (bicyclic) bond motifs is 1. The number of aromatic nitrogens is 1. The summed E-state index contributed by atoms with van der Waals surface area (Å²) in [6.07, 6.45) is 1.00. The molecule has 2 amide bonds.